The molecule has 0 aliphatic carbocycles. The van der Waals surface area contributed by atoms with Gasteiger partial charge in [0.2, 0.25) is 5.91 Å². The van der Waals surface area contributed by atoms with Crippen molar-refractivity contribution in [3.8, 4) is 6.07 Å². The van der Waals surface area contributed by atoms with E-state index >= 15 is 0 Å². The van der Waals surface area contributed by atoms with Gasteiger partial charge in [-0.25, -0.2) is 4.79 Å². The molecule has 24 heavy (non-hydrogen) atoms. The summed E-state index contributed by atoms with van der Waals surface area (Å²) >= 11 is 0. The molecule has 0 aromatic heterocycles. The molecule has 1 aromatic rings. The van der Waals surface area contributed by atoms with Gasteiger partial charge in [-0.05, 0) is 31.2 Å². The van der Waals surface area contributed by atoms with Crippen molar-refractivity contribution in [1.82, 2.24) is 9.80 Å². The summed E-state index contributed by atoms with van der Waals surface area (Å²) < 4.78 is 4.98. The van der Waals surface area contributed by atoms with Gasteiger partial charge in [0.25, 0.3) is 0 Å². The van der Waals surface area contributed by atoms with Crippen LogP contribution >= 0.6 is 0 Å². The number of piperazine rings is 1. The molecule has 2 amide bonds. The van der Waals surface area contributed by atoms with Crippen molar-refractivity contribution >= 4 is 17.7 Å². The molecule has 0 saturated carbocycles. The number of benzene rings is 1. The minimum absolute atomic E-state index is 0.0625. The first kappa shape index (κ1) is 17.8. The maximum atomic E-state index is 12.0. The number of nitriles is 1. The first-order valence-corrected chi connectivity index (χ1v) is 8.06. The Morgan fingerprint density at radius 2 is 1.88 bits per heavy atom. The molecule has 128 valence electrons. The molecule has 1 N–H and O–H groups in total. The highest BCUT2D eigenvalue weighted by molar-refractivity contribution is 5.90. The molecule has 1 aliphatic rings. The van der Waals surface area contributed by atoms with Crippen LogP contribution in [0.3, 0.4) is 0 Å². The summed E-state index contributed by atoms with van der Waals surface area (Å²) in [4.78, 5) is 27.5. The van der Waals surface area contributed by atoms with Gasteiger partial charge in [-0.3, -0.25) is 9.69 Å². The highest BCUT2D eigenvalue weighted by Crippen LogP contribution is 2.10. The van der Waals surface area contributed by atoms with Gasteiger partial charge in [0.05, 0.1) is 18.2 Å². The van der Waals surface area contributed by atoms with Crippen molar-refractivity contribution in [3.05, 3.63) is 29.8 Å². The van der Waals surface area contributed by atoms with Crippen molar-refractivity contribution in [2.24, 2.45) is 0 Å². The van der Waals surface area contributed by atoms with E-state index in [1.165, 1.54) is 0 Å². The molecule has 2 rings (SSSR count). The van der Waals surface area contributed by atoms with Crippen LogP contribution in [0.1, 0.15) is 18.9 Å². The van der Waals surface area contributed by atoms with Gasteiger partial charge in [0, 0.05) is 44.8 Å². The molecule has 7 nitrogen and oxygen atoms in total. The summed E-state index contributed by atoms with van der Waals surface area (Å²) in [5, 5.41) is 11.6. The number of ether oxygens (including phenoxy) is 1. The van der Waals surface area contributed by atoms with E-state index in [1.54, 1.807) is 36.1 Å². The van der Waals surface area contributed by atoms with E-state index in [1.807, 2.05) is 6.07 Å². The molecule has 1 saturated heterocycles. The summed E-state index contributed by atoms with van der Waals surface area (Å²) in [6, 6.07) is 8.81. The summed E-state index contributed by atoms with van der Waals surface area (Å²) in [5.41, 5.74) is 1.25. The predicted molar refractivity (Wildman–Crippen MR) is 89.4 cm³/mol. The lowest BCUT2D eigenvalue weighted by Crippen LogP contribution is -2.49. The number of rotatable bonds is 5. The monoisotopic (exact) mass is 330 g/mol. The second-order valence-electron chi connectivity index (χ2n) is 5.51. The largest absolute Gasteiger partial charge is 0.450 e. The number of nitrogens with zero attached hydrogens (tertiary/aromatic N) is 3. The van der Waals surface area contributed by atoms with E-state index in [0.29, 0.717) is 43.9 Å². The second kappa shape index (κ2) is 8.89. The topological polar surface area (TPSA) is 85.7 Å². The van der Waals surface area contributed by atoms with E-state index in [0.717, 1.165) is 13.1 Å². The van der Waals surface area contributed by atoms with Crippen LogP contribution in [0.2, 0.25) is 0 Å². The molecular weight excluding hydrogens is 308 g/mol. The molecule has 1 heterocycles. The fraction of sp³-hybridized carbons (Fsp3) is 0.471. The highest BCUT2D eigenvalue weighted by Gasteiger charge is 2.21. The van der Waals surface area contributed by atoms with Crippen molar-refractivity contribution in [3.63, 3.8) is 0 Å². The van der Waals surface area contributed by atoms with Crippen molar-refractivity contribution in [2.75, 3.05) is 44.6 Å². The summed E-state index contributed by atoms with van der Waals surface area (Å²) in [6.45, 7) is 5.55. The van der Waals surface area contributed by atoms with Gasteiger partial charge in [0.15, 0.2) is 0 Å². The lowest BCUT2D eigenvalue weighted by molar-refractivity contribution is -0.116. The van der Waals surface area contributed by atoms with Gasteiger partial charge in [-0.1, -0.05) is 0 Å². The SMILES string of the molecule is CCOC(=O)N1CCN(CCC(=O)Nc2ccc(C#N)cc2)CC1. The number of carbonyl (C=O) groups is 2. The predicted octanol–water partition coefficient (Wildman–Crippen LogP) is 1.66. The highest BCUT2D eigenvalue weighted by atomic mass is 16.6. The zero-order valence-corrected chi connectivity index (χ0v) is 13.8. The van der Waals surface area contributed by atoms with Gasteiger partial charge < -0.3 is 15.0 Å². The smallest absolute Gasteiger partial charge is 0.409 e. The first-order valence-electron chi connectivity index (χ1n) is 8.06. The molecule has 0 unspecified atom stereocenters. The standard InChI is InChI=1S/C17H22N4O3/c1-2-24-17(23)21-11-9-20(10-12-21)8-7-16(22)19-15-5-3-14(13-18)4-6-15/h3-6H,2,7-12H2,1H3,(H,19,22). The van der Waals surface area contributed by atoms with Crippen LogP contribution in [0.4, 0.5) is 10.5 Å². The zero-order chi connectivity index (χ0) is 17.4. The van der Waals surface area contributed by atoms with E-state index in [9.17, 15) is 9.59 Å². The summed E-state index contributed by atoms with van der Waals surface area (Å²) in [7, 11) is 0. The number of carbonyl (C=O) groups excluding carboxylic acids is 2. The molecule has 0 bridgehead atoms. The molecule has 0 spiro atoms. The summed E-state index contributed by atoms with van der Waals surface area (Å²) in [5.74, 6) is -0.0625. The molecule has 1 fully saturated rings. The lowest BCUT2D eigenvalue weighted by Gasteiger charge is -2.33. The van der Waals surface area contributed by atoms with Crippen LogP contribution in [0, 0.1) is 11.3 Å². The van der Waals surface area contributed by atoms with Gasteiger partial charge >= 0.3 is 6.09 Å². The Balaban J connectivity index is 1.69. The van der Waals surface area contributed by atoms with Gasteiger partial charge in [0.1, 0.15) is 0 Å². The third-order valence-electron chi connectivity index (χ3n) is 3.85. The molecule has 1 aliphatic heterocycles. The zero-order valence-electron chi connectivity index (χ0n) is 13.8. The first-order chi connectivity index (χ1) is 11.6. The molecule has 0 radical (unpaired) electrons. The Labute approximate surface area is 141 Å². The van der Waals surface area contributed by atoms with Crippen LogP contribution < -0.4 is 5.32 Å². The number of anilines is 1. The van der Waals surface area contributed by atoms with Gasteiger partial charge in [-0.2, -0.15) is 5.26 Å². The number of hydrogen-bond acceptors (Lipinski definition) is 5. The Bertz CT molecular complexity index is 601. The Hall–Kier alpha value is -2.59. The number of nitrogens with one attached hydrogen (secondary N) is 1. The summed E-state index contributed by atoms with van der Waals surface area (Å²) in [6.07, 6.45) is 0.120. The quantitative estimate of drug-likeness (QED) is 0.887. The third-order valence-corrected chi connectivity index (χ3v) is 3.85. The maximum Gasteiger partial charge on any atom is 0.409 e. The average Bonchev–Trinajstić information content (AvgIpc) is 2.61. The fourth-order valence-corrected chi connectivity index (χ4v) is 2.48. The van der Waals surface area contributed by atoms with Crippen LogP contribution in [-0.4, -0.2) is 61.1 Å². The van der Waals surface area contributed by atoms with Crippen LogP contribution in [0.25, 0.3) is 0 Å². The van der Waals surface area contributed by atoms with E-state index < -0.39 is 0 Å². The average molecular weight is 330 g/mol. The Morgan fingerprint density at radius 1 is 1.21 bits per heavy atom. The second-order valence-corrected chi connectivity index (χ2v) is 5.51. The van der Waals surface area contributed by atoms with Crippen molar-refractivity contribution in [2.45, 2.75) is 13.3 Å². The molecule has 0 atom stereocenters. The molecular formula is C17H22N4O3. The molecule has 1 aromatic carbocycles. The van der Waals surface area contributed by atoms with Crippen molar-refractivity contribution < 1.29 is 14.3 Å². The molecule has 7 heteroatoms. The number of hydrogen-bond donors (Lipinski definition) is 1. The normalized spacial score (nSPS) is 14.8. The van der Waals surface area contributed by atoms with E-state index in [-0.39, 0.29) is 12.0 Å². The van der Waals surface area contributed by atoms with Crippen molar-refractivity contribution in [1.29, 1.82) is 5.26 Å². The van der Waals surface area contributed by atoms with Gasteiger partial charge in [-0.15, -0.1) is 0 Å². The minimum atomic E-state index is -0.268. The van der Waals surface area contributed by atoms with E-state index in [4.69, 9.17) is 10.00 Å². The lowest BCUT2D eigenvalue weighted by atomic mass is 10.2. The third kappa shape index (κ3) is 5.25. The Kier molecular flexibility index (Phi) is 6.58. The van der Waals surface area contributed by atoms with Crippen LogP contribution in [0.15, 0.2) is 24.3 Å². The number of amides is 2. The maximum absolute atomic E-state index is 12.0. The minimum Gasteiger partial charge on any atom is -0.450 e. The van der Waals surface area contributed by atoms with Crippen LogP contribution in [0.5, 0.6) is 0 Å². The van der Waals surface area contributed by atoms with E-state index in [2.05, 4.69) is 10.2 Å². The Morgan fingerprint density at radius 3 is 2.46 bits per heavy atom. The fourth-order valence-electron chi connectivity index (χ4n) is 2.48. The van der Waals surface area contributed by atoms with Crippen LogP contribution in [-0.2, 0) is 9.53 Å².